The Kier molecular flexibility index (Phi) is 3.60. The predicted molar refractivity (Wildman–Crippen MR) is 80.3 cm³/mol. The van der Waals surface area contributed by atoms with Crippen LogP contribution in [0, 0.1) is 0 Å². The predicted octanol–water partition coefficient (Wildman–Crippen LogP) is 1.87. The van der Waals surface area contributed by atoms with Gasteiger partial charge in [0.2, 0.25) is 0 Å². The van der Waals surface area contributed by atoms with Crippen LogP contribution >= 0.6 is 11.6 Å². The van der Waals surface area contributed by atoms with Crippen LogP contribution in [0.25, 0.3) is 0 Å². The average molecular weight is 272 g/mol. The summed E-state index contributed by atoms with van der Waals surface area (Å²) in [5, 5.41) is 0.777. The fourth-order valence-electron chi connectivity index (χ4n) is 2.80. The quantitative estimate of drug-likeness (QED) is 0.790. The van der Waals surface area contributed by atoms with Gasteiger partial charge < -0.3 is 9.55 Å². The highest BCUT2D eigenvalue weighted by atomic mass is 35.5. The molecule has 0 unspecified atom stereocenters. The lowest BCUT2D eigenvalue weighted by atomic mass is 9.51. The van der Waals surface area contributed by atoms with E-state index in [-0.39, 0.29) is 6.85 Å². The highest BCUT2D eigenvalue weighted by Crippen LogP contribution is 2.16. The first-order chi connectivity index (χ1) is 9.29. The lowest BCUT2D eigenvalue weighted by molar-refractivity contribution is 0.114. The molecule has 0 fully saturated rings. The van der Waals surface area contributed by atoms with Crippen molar-refractivity contribution in [2.45, 2.75) is 6.54 Å². The maximum absolute atomic E-state index is 6.13. The minimum atomic E-state index is 0.231. The molecule has 0 aromatic heterocycles. The van der Waals surface area contributed by atoms with Gasteiger partial charge in [0.15, 0.2) is 0 Å². The van der Waals surface area contributed by atoms with Crippen LogP contribution in [0.15, 0.2) is 48.5 Å². The van der Waals surface area contributed by atoms with E-state index in [9.17, 15) is 0 Å². The van der Waals surface area contributed by atoms with Crippen molar-refractivity contribution < 1.29 is 4.74 Å². The van der Waals surface area contributed by atoms with Gasteiger partial charge in [-0.1, -0.05) is 58.9 Å². The van der Waals surface area contributed by atoms with Gasteiger partial charge >= 0.3 is 0 Å². The maximum Gasteiger partial charge on any atom is 0.294 e. The SMILES string of the molecule is COCN1Cc2ccccc2B1c1cccc(Cl)c1. The number of halogens is 1. The van der Waals surface area contributed by atoms with Crippen LogP contribution in [0.4, 0.5) is 0 Å². The summed E-state index contributed by atoms with van der Waals surface area (Å²) >= 11 is 6.13. The van der Waals surface area contributed by atoms with Crippen molar-refractivity contribution in [2.24, 2.45) is 0 Å². The van der Waals surface area contributed by atoms with E-state index in [1.807, 2.05) is 18.2 Å². The normalized spacial score (nSPS) is 14.7. The van der Waals surface area contributed by atoms with Crippen molar-refractivity contribution in [2.75, 3.05) is 13.8 Å². The van der Waals surface area contributed by atoms with Gasteiger partial charge in [-0.05, 0) is 17.7 Å². The molecule has 2 aromatic rings. The number of rotatable bonds is 3. The minimum absolute atomic E-state index is 0.231. The first-order valence-corrected chi connectivity index (χ1v) is 6.73. The van der Waals surface area contributed by atoms with Gasteiger partial charge in [0.25, 0.3) is 6.85 Å². The summed E-state index contributed by atoms with van der Waals surface area (Å²) in [4.78, 5) is 2.32. The van der Waals surface area contributed by atoms with E-state index in [0.717, 1.165) is 11.6 Å². The van der Waals surface area contributed by atoms with E-state index in [2.05, 4.69) is 35.1 Å². The Hall–Kier alpha value is -1.29. The molecule has 0 N–H and O–H groups in total. The second-order valence-electron chi connectivity index (χ2n) is 4.82. The molecule has 4 heteroatoms. The van der Waals surface area contributed by atoms with Crippen LogP contribution in [-0.4, -0.2) is 25.5 Å². The Morgan fingerprint density at radius 1 is 1.21 bits per heavy atom. The zero-order valence-corrected chi connectivity index (χ0v) is 11.6. The Bertz CT molecular complexity index is 590. The molecule has 0 atom stereocenters. The highest BCUT2D eigenvalue weighted by molar-refractivity contribution is 6.84. The smallest absolute Gasteiger partial charge is 0.294 e. The Morgan fingerprint density at radius 3 is 2.84 bits per heavy atom. The number of hydrogen-bond acceptors (Lipinski definition) is 2. The lowest BCUT2D eigenvalue weighted by Gasteiger charge is -2.21. The fraction of sp³-hybridized carbons (Fsp3) is 0.200. The number of methoxy groups -OCH3 is 1. The Morgan fingerprint density at radius 2 is 2.05 bits per heavy atom. The van der Waals surface area contributed by atoms with Crippen molar-refractivity contribution in [1.82, 2.24) is 4.81 Å². The van der Waals surface area contributed by atoms with Crippen LogP contribution in [0.5, 0.6) is 0 Å². The molecule has 0 aliphatic carbocycles. The molecular weight excluding hydrogens is 256 g/mol. The number of benzene rings is 2. The number of ether oxygens (including phenoxy) is 1. The molecule has 0 bridgehead atoms. The van der Waals surface area contributed by atoms with E-state index in [1.54, 1.807) is 7.11 Å². The molecule has 19 heavy (non-hydrogen) atoms. The van der Waals surface area contributed by atoms with Crippen LogP contribution in [0.2, 0.25) is 5.02 Å². The third kappa shape index (κ3) is 2.41. The average Bonchev–Trinajstić information content (AvgIpc) is 2.77. The lowest BCUT2D eigenvalue weighted by Crippen LogP contribution is -2.51. The highest BCUT2D eigenvalue weighted by Gasteiger charge is 2.35. The minimum Gasteiger partial charge on any atom is -0.370 e. The van der Waals surface area contributed by atoms with Crippen LogP contribution < -0.4 is 10.9 Å². The van der Waals surface area contributed by atoms with Gasteiger partial charge in [0.05, 0.1) is 6.73 Å². The van der Waals surface area contributed by atoms with Crippen molar-refractivity contribution in [1.29, 1.82) is 0 Å². The molecule has 1 aliphatic heterocycles. The molecular formula is C15H15BClNO. The molecule has 2 aromatic carbocycles. The van der Waals surface area contributed by atoms with E-state index in [1.165, 1.54) is 16.5 Å². The van der Waals surface area contributed by atoms with Crippen LogP contribution in [0.1, 0.15) is 5.56 Å². The fourth-order valence-corrected chi connectivity index (χ4v) is 3.00. The summed E-state index contributed by atoms with van der Waals surface area (Å²) in [5.74, 6) is 0. The van der Waals surface area contributed by atoms with Gasteiger partial charge in [0.1, 0.15) is 0 Å². The first-order valence-electron chi connectivity index (χ1n) is 6.36. The molecule has 2 nitrogen and oxygen atoms in total. The summed E-state index contributed by atoms with van der Waals surface area (Å²) < 4.78 is 5.33. The Labute approximate surface area is 119 Å². The van der Waals surface area contributed by atoms with Crippen molar-refractivity contribution in [3.63, 3.8) is 0 Å². The molecule has 0 spiro atoms. The van der Waals surface area contributed by atoms with Gasteiger partial charge in [-0.25, -0.2) is 0 Å². The number of nitrogens with zero attached hydrogens (tertiary/aromatic N) is 1. The van der Waals surface area contributed by atoms with Crippen LogP contribution in [0.3, 0.4) is 0 Å². The van der Waals surface area contributed by atoms with Gasteiger partial charge in [-0.3, -0.25) is 0 Å². The maximum atomic E-state index is 6.13. The molecule has 0 saturated heterocycles. The largest absolute Gasteiger partial charge is 0.370 e. The van der Waals surface area contributed by atoms with Gasteiger partial charge in [0, 0.05) is 18.7 Å². The van der Waals surface area contributed by atoms with E-state index in [4.69, 9.17) is 16.3 Å². The van der Waals surface area contributed by atoms with E-state index >= 15 is 0 Å². The monoisotopic (exact) mass is 271 g/mol. The second kappa shape index (κ2) is 5.37. The molecule has 0 amide bonds. The summed E-state index contributed by atoms with van der Waals surface area (Å²) in [7, 11) is 1.73. The van der Waals surface area contributed by atoms with Crippen molar-refractivity contribution >= 4 is 29.4 Å². The van der Waals surface area contributed by atoms with Crippen molar-refractivity contribution in [3.8, 4) is 0 Å². The number of fused-ring (bicyclic) bond motifs is 1. The van der Waals surface area contributed by atoms with Gasteiger partial charge in [-0.2, -0.15) is 0 Å². The molecule has 0 radical (unpaired) electrons. The third-order valence-electron chi connectivity index (χ3n) is 3.55. The zero-order valence-electron chi connectivity index (χ0n) is 10.8. The zero-order chi connectivity index (χ0) is 13.2. The standard InChI is InChI=1S/C15H15BClNO/c1-19-11-18-10-12-5-2-3-8-15(12)16(18)13-6-4-7-14(17)9-13/h2-9H,10-11H2,1H3. The topological polar surface area (TPSA) is 12.5 Å². The summed E-state index contributed by atoms with van der Waals surface area (Å²) in [6.45, 7) is 1.77. The molecule has 3 rings (SSSR count). The van der Waals surface area contributed by atoms with Crippen molar-refractivity contribution in [3.05, 3.63) is 59.1 Å². The first kappa shape index (κ1) is 12.7. The van der Waals surface area contributed by atoms with Gasteiger partial charge in [-0.15, -0.1) is 0 Å². The Balaban J connectivity index is 2.05. The summed E-state index contributed by atoms with van der Waals surface area (Å²) in [5.41, 5.74) is 3.93. The summed E-state index contributed by atoms with van der Waals surface area (Å²) in [6.07, 6.45) is 0. The van der Waals surface area contributed by atoms with Crippen LogP contribution in [-0.2, 0) is 11.3 Å². The molecule has 1 heterocycles. The molecule has 96 valence electrons. The molecule has 1 aliphatic rings. The third-order valence-corrected chi connectivity index (χ3v) is 3.78. The summed E-state index contributed by atoms with van der Waals surface area (Å²) in [6, 6.07) is 16.6. The van der Waals surface area contributed by atoms with E-state index in [0.29, 0.717) is 6.73 Å². The number of hydrogen-bond donors (Lipinski definition) is 0. The molecule has 0 saturated carbocycles. The van der Waals surface area contributed by atoms with E-state index < -0.39 is 0 Å². The second-order valence-corrected chi connectivity index (χ2v) is 5.26.